The molecule has 0 radical (unpaired) electrons. The first-order valence-electron chi connectivity index (χ1n) is 8.53. The lowest BCUT2D eigenvalue weighted by molar-refractivity contribution is -0.119. The van der Waals surface area contributed by atoms with Gasteiger partial charge in [0, 0.05) is 31.3 Å². The molecule has 2 aromatic heterocycles. The third kappa shape index (κ3) is 2.66. The average Bonchev–Trinajstić information content (AvgIpc) is 3.25. The number of rotatable bonds is 3. The number of aromatic nitrogens is 2. The highest BCUT2D eigenvalue weighted by Gasteiger charge is 2.38. The standard InChI is InChI=1S/C18H22N4O2/c1-11-6-7-17(24-11)14-8-22(9-16(14)21-12(2)23)18-13-4-3-5-15(13)19-10-20-18/h6-7,10,14,16H,3-5,8-9H2,1-2H3,(H,21,23)/t14-,16-/m1/s1. The number of anilines is 1. The van der Waals surface area contributed by atoms with Crippen LogP contribution in [0.2, 0.25) is 0 Å². The predicted octanol–water partition coefficient (Wildman–Crippen LogP) is 1.98. The van der Waals surface area contributed by atoms with Crippen LogP contribution in [0.15, 0.2) is 22.9 Å². The molecule has 2 aliphatic rings. The number of furan rings is 1. The first kappa shape index (κ1) is 15.2. The fraction of sp³-hybridized carbons (Fsp3) is 0.500. The molecule has 2 atom stereocenters. The van der Waals surface area contributed by atoms with Gasteiger partial charge in [-0.1, -0.05) is 0 Å². The van der Waals surface area contributed by atoms with Crippen LogP contribution < -0.4 is 10.2 Å². The molecule has 6 nitrogen and oxygen atoms in total. The van der Waals surface area contributed by atoms with Crippen LogP contribution in [0.25, 0.3) is 0 Å². The summed E-state index contributed by atoms with van der Waals surface area (Å²) in [6, 6.07) is 4.02. The van der Waals surface area contributed by atoms with Gasteiger partial charge in [-0.2, -0.15) is 0 Å². The Kier molecular flexibility index (Phi) is 3.75. The maximum absolute atomic E-state index is 11.6. The molecule has 1 aliphatic heterocycles. The minimum Gasteiger partial charge on any atom is -0.466 e. The van der Waals surface area contributed by atoms with Crippen molar-refractivity contribution < 1.29 is 9.21 Å². The Morgan fingerprint density at radius 1 is 1.29 bits per heavy atom. The van der Waals surface area contributed by atoms with Crippen LogP contribution in [0.3, 0.4) is 0 Å². The maximum Gasteiger partial charge on any atom is 0.217 e. The van der Waals surface area contributed by atoms with Gasteiger partial charge in [0.05, 0.1) is 12.0 Å². The number of hydrogen-bond acceptors (Lipinski definition) is 5. The van der Waals surface area contributed by atoms with E-state index in [4.69, 9.17) is 4.42 Å². The van der Waals surface area contributed by atoms with Crippen molar-refractivity contribution in [3.63, 3.8) is 0 Å². The Hall–Kier alpha value is -2.37. The topological polar surface area (TPSA) is 71.3 Å². The minimum atomic E-state index is -0.0111. The van der Waals surface area contributed by atoms with Gasteiger partial charge >= 0.3 is 0 Å². The van der Waals surface area contributed by atoms with Crippen LogP contribution in [0.1, 0.15) is 42.0 Å². The number of carbonyl (C=O) groups is 1. The van der Waals surface area contributed by atoms with Crippen molar-refractivity contribution in [2.24, 2.45) is 0 Å². The molecule has 0 saturated carbocycles. The van der Waals surface area contributed by atoms with Gasteiger partial charge in [-0.15, -0.1) is 0 Å². The third-order valence-corrected chi connectivity index (χ3v) is 4.99. The van der Waals surface area contributed by atoms with Gasteiger partial charge in [0.15, 0.2) is 0 Å². The molecule has 1 fully saturated rings. The van der Waals surface area contributed by atoms with Gasteiger partial charge < -0.3 is 14.6 Å². The first-order valence-corrected chi connectivity index (χ1v) is 8.53. The second-order valence-electron chi connectivity index (χ2n) is 6.74. The number of nitrogens with zero attached hydrogens (tertiary/aromatic N) is 3. The largest absolute Gasteiger partial charge is 0.466 e. The Morgan fingerprint density at radius 3 is 2.92 bits per heavy atom. The van der Waals surface area contributed by atoms with Crippen molar-refractivity contribution in [1.82, 2.24) is 15.3 Å². The fourth-order valence-corrected chi connectivity index (χ4v) is 3.94. The zero-order valence-corrected chi connectivity index (χ0v) is 14.1. The van der Waals surface area contributed by atoms with Crippen LogP contribution in [0.5, 0.6) is 0 Å². The van der Waals surface area contributed by atoms with E-state index < -0.39 is 0 Å². The lowest BCUT2D eigenvalue weighted by Crippen LogP contribution is -2.38. The van der Waals surface area contributed by atoms with E-state index in [2.05, 4.69) is 20.2 Å². The third-order valence-electron chi connectivity index (χ3n) is 4.99. The summed E-state index contributed by atoms with van der Waals surface area (Å²) in [5.41, 5.74) is 2.45. The highest BCUT2D eigenvalue weighted by Crippen LogP contribution is 2.35. The molecule has 3 heterocycles. The SMILES string of the molecule is CC(=O)N[C@@H]1CN(c2ncnc3c2CCC3)C[C@H]1c1ccc(C)o1. The molecule has 0 spiro atoms. The molecule has 24 heavy (non-hydrogen) atoms. The zero-order valence-electron chi connectivity index (χ0n) is 14.1. The average molecular weight is 326 g/mol. The Labute approximate surface area is 141 Å². The summed E-state index contributed by atoms with van der Waals surface area (Å²) in [5.74, 6) is 2.98. The number of carbonyl (C=O) groups excluding carboxylic acids is 1. The van der Waals surface area contributed by atoms with E-state index in [0.29, 0.717) is 0 Å². The molecule has 0 unspecified atom stereocenters. The van der Waals surface area contributed by atoms with Gasteiger partial charge in [-0.05, 0) is 38.3 Å². The van der Waals surface area contributed by atoms with Gasteiger partial charge in [-0.3, -0.25) is 4.79 Å². The van der Waals surface area contributed by atoms with E-state index in [0.717, 1.165) is 49.7 Å². The van der Waals surface area contributed by atoms with Crippen LogP contribution in [-0.4, -0.2) is 35.0 Å². The molecule has 4 rings (SSSR count). The van der Waals surface area contributed by atoms with E-state index in [-0.39, 0.29) is 17.9 Å². The van der Waals surface area contributed by atoms with Crippen molar-refractivity contribution in [3.8, 4) is 0 Å². The molecular formula is C18H22N4O2. The summed E-state index contributed by atoms with van der Waals surface area (Å²) < 4.78 is 5.85. The van der Waals surface area contributed by atoms with E-state index >= 15 is 0 Å². The lowest BCUT2D eigenvalue weighted by Gasteiger charge is -2.20. The summed E-state index contributed by atoms with van der Waals surface area (Å²) in [4.78, 5) is 22.9. The monoisotopic (exact) mass is 326 g/mol. The molecule has 1 amide bonds. The maximum atomic E-state index is 11.6. The first-order chi connectivity index (χ1) is 11.6. The highest BCUT2D eigenvalue weighted by molar-refractivity contribution is 5.73. The van der Waals surface area contributed by atoms with Crippen molar-refractivity contribution in [2.75, 3.05) is 18.0 Å². The van der Waals surface area contributed by atoms with E-state index in [1.54, 1.807) is 13.3 Å². The summed E-state index contributed by atoms with van der Waals surface area (Å²) in [6.07, 6.45) is 4.88. The van der Waals surface area contributed by atoms with Gasteiger partial charge in [0.1, 0.15) is 23.7 Å². The number of fused-ring (bicyclic) bond motifs is 1. The number of amides is 1. The van der Waals surface area contributed by atoms with Crippen molar-refractivity contribution in [1.29, 1.82) is 0 Å². The number of aryl methyl sites for hydroxylation is 2. The van der Waals surface area contributed by atoms with Crippen LogP contribution >= 0.6 is 0 Å². The smallest absolute Gasteiger partial charge is 0.217 e. The lowest BCUT2D eigenvalue weighted by atomic mass is 10.0. The molecule has 1 saturated heterocycles. The summed E-state index contributed by atoms with van der Waals surface area (Å²) >= 11 is 0. The zero-order chi connectivity index (χ0) is 16.7. The molecule has 1 aliphatic carbocycles. The van der Waals surface area contributed by atoms with Crippen molar-refractivity contribution >= 4 is 11.7 Å². The Morgan fingerprint density at radius 2 is 2.17 bits per heavy atom. The number of hydrogen-bond donors (Lipinski definition) is 1. The van der Waals surface area contributed by atoms with E-state index in [1.807, 2.05) is 19.1 Å². The molecule has 0 aromatic carbocycles. The number of nitrogens with one attached hydrogen (secondary N) is 1. The predicted molar refractivity (Wildman–Crippen MR) is 90.1 cm³/mol. The Bertz CT molecular complexity index is 770. The minimum absolute atomic E-state index is 0.0111. The fourth-order valence-electron chi connectivity index (χ4n) is 3.94. The van der Waals surface area contributed by atoms with Crippen LogP contribution in [0.4, 0.5) is 5.82 Å². The highest BCUT2D eigenvalue weighted by atomic mass is 16.3. The molecule has 126 valence electrons. The van der Waals surface area contributed by atoms with Crippen LogP contribution in [-0.2, 0) is 17.6 Å². The summed E-state index contributed by atoms with van der Waals surface area (Å²) in [6.45, 7) is 5.05. The summed E-state index contributed by atoms with van der Waals surface area (Å²) in [7, 11) is 0. The van der Waals surface area contributed by atoms with Crippen molar-refractivity contribution in [2.45, 2.75) is 45.1 Å². The molecule has 0 bridgehead atoms. The Balaban J connectivity index is 1.64. The van der Waals surface area contributed by atoms with Gasteiger partial charge in [0.2, 0.25) is 5.91 Å². The van der Waals surface area contributed by atoms with Gasteiger partial charge in [-0.25, -0.2) is 9.97 Å². The van der Waals surface area contributed by atoms with Crippen molar-refractivity contribution in [3.05, 3.63) is 41.2 Å². The molecular weight excluding hydrogens is 304 g/mol. The normalized spacial score (nSPS) is 22.7. The summed E-state index contributed by atoms with van der Waals surface area (Å²) in [5, 5.41) is 3.08. The van der Waals surface area contributed by atoms with E-state index in [9.17, 15) is 4.79 Å². The second kappa shape index (κ2) is 5.92. The molecule has 1 N–H and O–H groups in total. The molecule has 2 aromatic rings. The molecule has 6 heteroatoms. The second-order valence-corrected chi connectivity index (χ2v) is 6.74. The van der Waals surface area contributed by atoms with Crippen LogP contribution in [0, 0.1) is 6.92 Å². The quantitative estimate of drug-likeness (QED) is 0.934. The van der Waals surface area contributed by atoms with E-state index in [1.165, 1.54) is 11.3 Å². The van der Waals surface area contributed by atoms with Gasteiger partial charge in [0.25, 0.3) is 0 Å².